The molecule has 0 unspecified atom stereocenters. The molecule has 0 radical (unpaired) electrons. The Labute approximate surface area is 120 Å². The van der Waals surface area contributed by atoms with Crippen molar-refractivity contribution in [1.29, 1.82) is 0 Å². The third-order valence-corrected chi connectivity index (χ3v) is 4.22. The fourth-order valence-corrected chi connectivity index (χ4v) is 3.10. The number of hydrogen-bond acceptors (Lipinski definition) is 2. The van der Waals surface area contributed by atoms with Crippen molar-refractivity contribution in [2.24, 2.45) is 5.92 Å². The molecule has 3 rings (SSSR count). The number of nitrogens with one attached hydrogen (secondary N) is 1. The van der Waals surface area contributed by atoms with Crippen molar-refractivity contribution in [3.8, 4) is 0 Å². The largest absolute Gasteiger partial charge is 0.356 e. The molecule has 1 atom stereocenters. The van der Waals surface area contributed by atoms with Gasteiger partial charge in [-0.3, -0.25) is 4.79 Å². The van der Waals surface area contributed by atoms with Crippen LogP contribution in [0.1, 0.15) is 43.6 Å². The summed E-state index contributed by atoms with van der Waals surface area (Å²) in [7, 11) is 0. The van der Waals surface area contributed by atoms with Gasteiger partial charge in [0.2, 0.25) is 5.91 Å². The van der Waals surface area contributed by atoms with Gasteiger partial charge in [-0.15, -0.1) is 0 Å². The zero-order valence-electron chi connectivity index (χ0n) is 12.0. The van der Waals surface area contributed by atoms with Gasteiger partial charge >= 0.3 is 0 Å². The lowest BCUT2D eigenvalue weighted by atomic mass is 10.1. The number of aryl methyl sites for hydroxylation is 2. The Kier molecular flexibility index (Phi) is 4.19. The molecule has 0 saturated carbocycles. The summed E-state index contributed by atoms with van der Waals surface area (Å²) in [5, 5.41) is 3.02. The minimum absolute atomic E-state index is 0.172. The van der Waals surface area contributed by atoms with E-state index in [1.807, 2.05) is 0 Å². The fourth-order valence-electron chi connectivity index (χ4n) is 3.10. The van der Waals surface area contributed by atoms with Crippen LogP contribution in [0.15, 0.2) is 18.3 Å². The molecule has 0 saturated heterocycles. The molecule has 1 aliphatic carbocycles. The number of imidazole rings is 1. The first kappa shape index (κ1) is 13.4. The quantitative estimate of drug-likeness (QED) is 0.836. The highest BCUT2D eigenvalue weighted by atomic mass is 16.1. The third kappa shape index (κ3) is 3.30. The second kappa shape index (κ2) is 6.25. The lowest BCUT2D eigenvalue weighted by molar-refractivity contribution is -0.121. The second-order valence-corrected chi connectivity index (χ2v) is 5.87. The van der Waals surface area contributed by atoms with E-state index in [2.05, 4.69) is 33.2 Å². The van der Waals surface area contributed by atoms with Crippen LogP contribution in [0.2, 0.25) is 0 Å². The number of rotatable bonds is 5. The Bertz CT molecular complexity index is 480. The van der Waals surface area contributed by atoms with E-state index in [0.29, 0.717) is 18.9 Å². The number of nitrogens with zero attached hydrogens (tertiary/aromatic N) is 2. The summed E-state index contributed by atoms with van der Waals surface area (Å²) >= 11 is 0. The average Bonchev–Trinajstić information content (AvgIpc) is 3.07. The van der Waals surface area contributed by atoms with Crippen molar-refractivity contribution >= 4 is 5.91 Å². The van der Waals surface area contributed by atoms with Crippen molar-refractivity contribution in [2.75, 3.05) is 6.54 Å². The maximum Gasteiger partial charge on any atom is 0.220 e. The van der Waals surface area contributed by atoms with E-state index in [0.717, 1.165) is 37.9 Å². The number of amides is 1. The van der Waals surface area contributed by atoms with Gasteiger partial charge in [0.1, 0.15) is 5.82 Å². The molecule has 0 fully saturated rings. The number of carbonyl (C=O) groups is 1. The molecular formula is C16H23N3O. The number of allylic oxidation sites excluding steroid dienone is 2. The number of carbonyl (C=O) groups excluding carboxylic acids is 1. The van der Waals surface area contributed by atoms with E-state index in [4.69, 9.17) is 0 Å². The van der Waals surface area contributed by atoms with Crippen LogP contribution < -0.4 is 5.32 Å². The topological polar surface area (TPSA) is 46.9 Å². The minimum Gasteiger partial charge on any atom is -0.356 e. The van der Waals surface area contributed by atoms with Crippen LogP contribution in [0.3, 0.4) is 0 Å². The molecule has 1 aromatic rings. The third-order valence-electron chi connectivity index (χ3n) is 4.22. The van der Waals surface area contributed by atoms with E-state index in [-0.39, 0.29) is 5.91 Å². The first-order chi connectivity index (χ1) is 9.81. The van der Waals surface area contributed by atoms with E-state index >= 15 is 0 Å². The Morgan fingerprint density at radius 1 is 1.45 bits per heavy atom. The molecule has 2 aliphatic rings. The highest BCUT2D eigenvalue weighted by Crippen LogP contribution is 2.20. The van der Waals surface area contributed by atoms with Crippen LogP contribution in [-0.4, -0.2) is 22.0 Å². The highest BCUT2D eigenvalue weighted by Gasteiger charge is 2.14. The van der Waals surface area contributed by atoms with Crippen molar-refractivity contribution < 1.29 is 4.79 Å². The zero-order chi connectivity index (χ0) is 13.8. The van der Waals surface area contributed by atoms with E-state index in [1.165, 1.54) is 18.7 Å². The van der Waals surface area contributed by atoms with E-state index < -0.39 is 0 Å². The summed E-state index contributed by atoms with van der Waals surface area (Å²) in [5.74, 6) is 1.84. The van der Waals surface area contributed by atoms with Crippen LogP contribution in [0.4, 0.5) is 0 Å². The predicted molar refractivity (Wildman–Crippen MR) is 78.4 cm³/mol. The molecule has 0 spiro atoms. The molecular weight excluding hydrogens is 250 g/mol. The van der Waals surface area contributed by atoms with Gasteiger partial charge in [0, 0.05) is 38.5 Å². The number of aromatic nitrogens is 2. The van der Waals surface area contributed by atoms with Crippen molar-refractivity contribution in [1.82, 2.24) is 14.9 Å². The van der Waals surface area contributed by atoms with Gasteiger partial charge in [0.05, 0.1) is 5.69 Å². The van der Waals surface area contributed by atoms with Crippen LogP contribution >= 0.6 is 0 Å². The monoisotopic (exact) mass is 273 g/mol. The van der Waals surface area contributed by atoms with Crippen LogP contribution in [0.25, 0.3) is 0 Å². The smallest absolute Gasteiger partial charge is 0.220 e. The molecule has 2 heterocycles. The molecule has 1 N–H and O–H groups in total. The van der Waals surface area contributed by atoms with Crippen LogP contribution in [-0.2, 0) is 24.2 Å². The van der Waals surface area contributed by atoms with Gasteiger partial charge in [-0.05, 0) is 31.6 Å². The Morgan fingerprint density at radius 3 is 3.20 bits per heavy atom. The van der Waals surface area contributed by atoms with Gasteiger partial charge in [-0.1, -0.05) is 12.2 Å². The first-order valence-corrected chi connectivity index (χ1v) is 7.79. The summed E-state index contributed by atoms with van der Waals surface area (Å²) < 4.78 is 2.27. The summed E-state index contributed by atoms with van der Waals surface area (Å²) in [5.41, 5.74) is 1.11. The standard InChI is InChI=1S/C16H23N3O/c20-16(11-13-5-1-2-6-13)17-9-8-14-12-19-10-4-3-7-15(19)18-14/h1,5,12-13H,2-4,6-11H2,(H,17,20)/t13-/m0/s1. The molecule has 108 valence electrons. The molecule has 0 bridgehead atoms. The van der Waals surface area contributed by atoms with E-state index in [1.54, 1.807) is 0 Å². The Morgan fingerprint density at radius 2 is 2.40 bits per heavy atom. The van der Waals surface area contributed by atoms with Crippen molar-refractivity contribution in [3.05, 3.63) is 29.9 Å². The lowest BCUT2D eigenvalue weighted by Gasteiger charge is -2.11. The Hall–Kier alpha value is -1.58. The molecule has 20 heavy (non-hydrogen) atoms. The molecule has 4 nitrogen and oxygen atoms in total. The first-order valence-electron chi connectivity index (χ1n) is 7.79. The molecule has 0 aromatic carbocycles. The van der Waals surface area contributed by atoms with Crippen LogP contribution in [0.5, 0.6) is 0 Å². The van der Waals surface area contributed by atoms with Crippen LogP contribution in [0, 0.1) is 5.92 Å². The molecule has 1 aliphatic heterocycles. The second-order valence-electron chi connectivity index (χ2n) is 5.87. The van der Waals surface area contributed by atoms with Crippen molar-refractivity contribution in [2.45, 2.75) is 51.5 Å². The lowest BCUT2D eigenvalue weighted by Crippen LogP contribution is -2.27. The summed E-state index contributed by atoms with van der Waals surface area (Å²) in [6.45, 7) is 1.80. The maximum atomic E-state index is 11.8. The number of hydrogen-bond donors (Lipinski definition) is 1. The summed E-state index contributed by atoms with van der Waals surface area (Å²) in [4.78, 5) is 16.5. The zero-order valence-corrected chi connectivity index (χ0v) is 12.0. The predicted octanol–water partition coefficient (Wildman–Crippen LogP) is 2.23. The SMILES string of the molecule is O=C(C[C@H]1C=CCC1)NCCc1cn2c(n1)CCCC2. The Balaban J connectivity index is 1.41. The summed E-state index contributed by atoms with van der Waals surface area (Å²) in [6, 6.07) is 0. The van der Waals surface area contributed by atoms with Gasteiger partial charge in [-0.25, -0.2) is 4.98 Å². The minimum atomic E-state index is 0.172. The maximum absolute atomic E-state index is 11.8. The van der Waals surface area contributed by atoms with Gasteiger partial charge < -0.3 is 9.88 Å². The van der Waals surface area contributed by atoms with Gasteiger partial charge in [0.15, 0.2) is 0 Å². The molecule has 1 aromatic heterocycles. The molecule has 1 amide bonds. The van der Waals surface area contributed by atoms with Gasteiger partial charge in [0.25, 0.3) is 0 Å². The highest BCUT2D eigenvalue weighted by molar-refractivity contribution is 5.76. The summed E-state index contributed by atoms with van der Waals surface area (Å²) in [6.07, 6.45) is 13.8. The number of fused-ring (bicyclic) bond motifs is 1. The normalized spacial score (nSPS) is 20.9. The van der Waals surface area contributed by atoms with E-state index in [9.17, 15) is 4.79 Å². The molecule has 4 heteroatoms. The van der Waals surface area contributed by atoms with Crippen molar-refractivity contribution in [3.63, 3.8) is 0 Å². The average molecular weight is 273 g/mol. The fraction of sp³-hybridized carbons (Fsp3) is 0.625. The van der Waals surface area contributed by atoms with Gasteiger partial charge in [-0.2, -0.15) is 0 Å².